The van der Waals surface area contributed by atoms with E-state index >= 15 is 0 Å². The van der Waals surface area contributed by atoms with Gasteiger partial charge < -0.3 is 4.42 Å². The Labute approximate surface area is 255 Å². The molecule has 1 fully saturated rings. The molecule has 1 aromatic heterocycles. The van der Waals surface area contributed by atoms with Gasteiger partial charge in [0.25, 0.3) is 0 Å². The third kappa shape index (κ3) is 3.47. The highest BCUT2D eigenvalue weighted by Crippen LogP contribution is 2.55. The molecule has 2 aliphatic rings. The minimum atomic E-state index is 0.667. The number of fused-ring (bicyclic) bond motifs is 8. The Hall–Kier alpha value is -5.40. The van der Waals surface area contributed by atoms with Gasteiger partial charge in [-0.2, -0.15) is 0 Å². The van der Waals surface area contributed by atoms with Gasteiger partial charge in [-0.1, -0.05) is 121 Å². The van der Waals surface area contributed by atoms with Crippen molar-refractivity contribution in [3.8, 4) is 33.4 Å². The minimum Gasteiger partial charge on any atom is -0.456 e. The fourth-order valence-electron chi connectivity index (χ4n) is 7.85. The van der Waals surface area contributed by atoms with E-state index in [2.05, 4.69) is 133 Å². The van der Waals surface area contributed by atoms with Crippen molar-refractivity contribution in [3.05, 3.63) is 151 Å². The SMILES string of the molecule is C1=CC2CC2c2c1cccc2-c1cccc(-c2c3ccccc3c(-c3ccc4oc5ccccc5c4c3)c3ccccc23)c1. The van der Waals surface area contributed by atoms with Gasteiger partial charge in [-0.3, -0.25) is 0 Å². The number of furan rings is 1. The van der Waals surface area contributed by atoms with E-state index in [0.717, 1.165) is 21.9 Å². The summed E-state index contributed by atoms with van der Waals surface area (Å²) in [7, 11) is 0. The Morgan fingerprint density at radius 3 is 1.84 bits per heavy atom. The lowest BCUT2D eigenvalue weighted by molar-refractivity contribution is 0.669. The van der Waals surface area contributed by atoms with E-state index in [-0.39, 0.29) is 0 Å². The van der Waals surface area contributed by atoms with Crippen LogP contribution >= 0.6 is 0 Å². The summed E-state index contributed by atoms with van der Waals surface area (Å²) in [6.07, 6.45) is 6.01. The maximum Gasteiger partial charge on any atom is 0.135 e. The number of allylic oxidation sites excluding steroid dienone is 1. The van der Waals surface area contributed by atoms with Crippen molar-refractivity contribution >= 4 is 49.6 Å². The van der Waals surface area contributed by atoms with Crippen LogP contribution in [0.4, 0.5) is 0 Å². The van der Waals surface area contributed by atoms with Crippen LogP contribution in [0.5, 0.6) is 0 Å². The Morgan fingerprint density at radius 1 is 0.477 bits per heavy atom. The van der Waals surface area contributed by atoms with E-state index < -0.39 is 0 Å². The summed E-state index contributed by atoms with van der Waals surface area (Å²) in [6, 6.07) is 48.9. The molecule has 10 rings (SSSR count). The number of hydrogen-bond acceptors (Lipinski definition) is 1. The monoisotopic (exact) mass is 560 g/mol. The zero-order valence-electron chi connectivity index (χ0n) is 24.1. The number of rotatable bonds is 3. The van der Waals surface area contributed by atoms with Crippen molar-refractivity contribution in [3.63, 3.8) is 0 Å². The molecule has 0 saturated heterocycles. The Kier molecular flexibility index (Phi) is 4.95. The van der Waals surface area contributed by atoms with Crippen molar-refractivity contribution in [2.45, 2.75) is 12.3 Å². The summed E-state index contributed by atoms with van der Waals surface area (Å²) in [4.78, 5) is 0. The molecule has 44 heavy (non-hydrogen) atoms. The Balaban J connectivity index is 1.23. The van der Waals surface area contributed by atoms with Crippen LogP contribution in [0.2, 0.25) is 0 Å². The number of para-hydroxylation sites is 1. The van der Waals surface area contributed by atoms with Gasteiger partial charge in [0.15, 0.2) is 0 Å². The molecule has 2 aliphatic carbocycles. The molecule has 1 heteroatoms. The maximum atomic E-state index is 6.18. The van der Waals surface area contributed by atoms with E-state index in [1.807, 2.05) is 12.1 Å². The lowest BCUT2D eigenvalue weighted by Gasteiger charge is -2.19. The topological polar surface area (TPSA) is 13.1 Å². The van der Waals surface area contributed by atoms with Gasteiger partial charge in [0.2, 0.25) is 0 Å². The largest absolute Gasteiger partial charge is 0.456 e. The van der Waals surface area contributed by atoms with Gasteiger partial charge in [-0.05, 0) is 109 Å². The Morgan fingerprint density at radius 2 is 1.09 bits per heavy atom. The summed E-state index contributed by atoms with van der Waals surface area (Å²) in [5, 5.41) is 7.39. The van der Waals surface area contributed by atoms with E-state index in [9.17, 15) is 0 Å². The fourth-order valence-corrected chi connectivity index (χ4v) is 7.85. The lowest BCUT2D eigenvalue weighted by atomic mass is 9.84. The smallest absolute Gasteiger partial charge is 0.135 e. The summed E-state index contributed by atoms with van der Waals surface area (Å²) in [5.41, 5.74) is 12.5. The first-order valence-corrected chi connectivity index (χ1v) is 15.6. The molecule has 0 radical (unpaired) electrons. The second-order valence-corrected chi connectivity index (χ2v) is 12.4. The second-order valence-electron chi connectivity index (χ2n) is 12.4. The average molecular weight is 561 g/mol. The zero-order valence-corrected chi connectivity index (χ0v) is 24.1. The van der Waals surface area contributed by atoms with Crippen LogP contribution in [0, 0.1) is 5.92 Å². The molecule has 1 saturated carbocycles. The van der Waals surface area contributed by atoms with Crippen LogP contribution in [0.3, 0.4) is 0 Å². The molecule has 0 aliphatic heterocycles. The van der Waals surface area contributed by atoms with Crippen LogP contribution in [0.1, 0.15) is 23.5 Å². The van der Waals surface area contributed by atoms with Crippen LogP contribution in [-0.4, -0.2) is 0 Å². The lowest BCUT2D eigenvalue weighted by Crippen LogP contribution is -1.96. The standard InChI is InChI=1S/C43H28O/c1-3-15-35-33(13-1)42(29-11-7-10-27(23-29)31-17-8-9-26-19-20-28-24-37(28)41(26)31)34-14-2-4-16-36(34)43(35)30-21-22-40-38(25-30)32-12-5-6-18-39(32)44-40/h1-23,25,28,37H,24H2. The highest BCUT2D eigenvalue weighted by molar-refractivity contribution is 6.22. The highest BCUT2D eigenvalue weighted by atomic mass is 16.3. The summed E-state index contributed by atoms with van der Waals surface area (Å²) >= 11 is 0. The quantitative estimate of drug-likeness (QED) is 0.196. The highest BCUT2D eigenvalue weighted by Gasteiger charge is 2.40. The van der Waals surface area contributed by atoms with Crippen molar-refractivity contribution in [1.29, 1.82) is 0 Å². The predicted octanol–water partition coefficient (Wildman–Crippen LogP) is 12.0. The molecule has 2 atom stereocenters. The second kappa shape index (κ2) is 9.05. The fraction of sp³-hybridized carbons (Fsp3) is 0.0698. The molecule has 1 heterocycles. The molecule has 0 spiro atoms. The average Bonchev–Trinajstić information content (AvgIpc) is 3.79. The van der Waals surface area contributed by atoms with Gasteiger partial charge in [0.05, 0.1) is 0 Å². The van der Waals surface area contributed by atoms with Gasteiger partial charge in [-0.25, -0.2) is 0 Å². The summed E-state index contributed by atoms with van der Waals surface area (Å²) in [5.74, 6) is 1.38. The van der Waals surface area contributed by atoms with Crippen LogP contribution in [0.25, 0.3) is 82.9 Å². The minimum absolute atomic E-state index is 0.667. The maximum absolute atomic E-state index is 6.18. The molecule has 0 bridgehead atoms. The molecule has 1 nitrogen and oxygen atoms in total. The molecular formula is C43H28O. The first-order valence-electron chi connectivity index (χ1n) is 15.6. The van der Waals surface area contributed by atoms with Gasteiger partial charge in [0.1, 0.15) is 11.2 Å². The molecule has 206 valence electrons. The van der Waals surface area contributed by atoms with E-state index in [4.69, 9.17) is 4.42 Å². The first kappa shape index (κ1) is 24.1. The molecule has 2 unspecified atom stereocenters. The molecule has 8 aromatic rings. The van der Waals surface area contributed by atoms with Crippen molar-refractivity contribution in [1.82, 2.24) is 0 Å². The number of benzene rings is 7. The molecular weight excluding hydrogens is 532 g/mol. The first-order chi connectivity index (χ1) is 21.8. The predicted molar refractivity (Wildman–Crippen MR) is 185 cm³/mol. The Bertz CT molecular complexity index is 2430. The van der Waals surface area contributed by atoms with Crippen molar-refractivity contribution < 1.29 is 4.42 Å². The third-order valence-electron chi connectivity index (χ3n) is 9.93. The van der Waals surface area contributed by atoms with Crippen LogP contribution < -0.4 is 0 Å². The normalized spacial score (nSPS) is 16.9. The summed E-state index contributed by atoms with van der Waals surface area (Å²) in [6.45, 7) is 0. The van der Waals surface area contributed by atoms with Gasteiger partial charge in [0, 0.05) is 10.8 Å². The van der Waals surface area contributed by atoms with E-state index in [1.54, 1.807) is 0 Å². The van der Waals surface area contributed by atoms with Crippen molar-refractivity contribution in [2.75, 3.05) is 0 Å². The molecule has 0 amide bonds. The molecule has 7 aromatic carbocycles. The van der Waals surface area contributed by atoms with Crippen molar-refractivity contribution in [2.24, 2.45) is 5.92 Å². The van der Waals surface area contributed by atoms with E-state index in [0.29, 0.717) is 11.8 Å². The summed E-state index contributed by atoms with van der Waals surface area (Å²) < 4.78 is 6.18. The molecule has 0 N–H and O–H groups in total. The van der Waals surface area contributed by atoms with E-state index in [1.165, 1.54) is 72.5 Å². The van der Waals surface area contributed by atoms with Crippen LogP contribution in [0.15, 0.2) is 144 Å². The zero-order chi connectivity index (χ0) is 28.8. The van der Waals surface area contributed by atoms with Gasteiger partial charge in [-0.15, -0.1) is 0 Å². The number of hydrogen-bond donors (Lipinski definition) is 0. The third-order valence-corrected chi connectivity index (χ3v) is 9.93. The van der Waals surface area contributed by atoms with Crippen LogP contribution in [-0.2, 0) is 0 Å². The van der Waals surface area contributed by atoms with Gasteiger partial charge >= 0.3 is 0 Å².